The van der Waals surface area contributed by atoms with E-state index in [2.05, 4.69) is 13.5 Å². The van der Waals surface area contributed by atoms with E-state index < -0.39 is 0 Å². The van der Waals surface area contributed by atoms with E-state index in [1.807, 2.05) is 0 Å². The Labute approximate surface area is 168 Å². The zero-order chi connectivity index (χ0) is 19.2. The van der Waals surface area contributed by atoms with Crippen molar-refractivity contribution < 1.29 is 14.2 Å². The summed E-state index contributed by atoms with van der Waals surface area (Å²) in [7, 11) is 0. The van der Waals surface area contributed by atoms with E-state index >= 15 is 0 Å². The van der Waals surface area contributed by atoms with Gasteiger partial charge in [-0.3, -0.25) is 0 Å². The van der Waals surface area contributed by atoms with Gasteiger partial charge in [-0.25, -0.2) is 0 Å². The van der Waals surface area contributed by atoms with Crippen molar-refractivity contribution in [2.75, 3.05) is 19.8 Å². The molecule has 1 saturated heterocycles. The van der Waals surface area contributed by atoms with Crippen molar-refractivity contribution in [3.63, 3.8) is 0 Å². The minimum Gasteiger partial charge on any atom is -0.502 e. The van der Waals surface area contributed by atoms with Gasteiger partial charge in [-0.15, -0.1) is 0 Å². The monoisotopic (exact) mass is 380 g/mol. The molecule has 2 atom stereocenters. The lowest BCUT2D eigenvalue weighted by Crippen LogP contribution is -2.43. The minimum atomic E-state index is 0.128. The summed E-state index contributed by atoms with van der Waals surface area (Å²) in [5.41, 5.74) is 0.128. The van der Waals surface area contributed by atoms with E-state index in [1.54, 1.807) is 6.26 Å². The van der Waals surface area contributed by atoms with Gasteiger partial charge in [0.1, 0.15) is 6.10 Å². The lowest BCUT2D eigenvalue weighted by Gasteiger charge is -2.43. The number of hydrogen-bond acceptors (Lipinski definition) is 3. The summed E-state index contributed by atoms with van der Waals surface area (Å²) in [5.74, 6) is 0.773. The van der Waals surface area contributed by atoms with Crippen LogP contribution in [0.3, 0.4) is 0 Å². The van der Waals surface area contributed by atoms with Crippen LogP contribution in [-0.4, -0.2) is 31.5 Å². The van der Waals surface area contributed by atoms with Gasteiger partial charge in [-0.1, -0.05) is 77.7 Å². The van der Waals surface area contributed by atoms with Gasteiger partial charge in [0.2, 0.25) is 0 Å². The third-order valence-corrected chi connectivity index (χ3v) is 6.46. The van der Waals surface area contributed by atoms with Crippen LogP contribution in [-0.2, 0) is 14.2 Å². The highest BCUT2D eigenvalue weighted by Gasteiger charge is 2.40. The summed E-state index contributed by atoms with van der Waals surface area (Å²) in [4.78, 5) is 0. The van der Waals surface area contributed by atoms with Crippen LogP contribution in [0.2, 0.25) is 0 Å². The summed E-state index contributed by atoms with van der Waals surface area (Å²) in [6, 6.07) is 0. The van der Waals surface area contributed by atoms with E-state index in [-0.39, 0.29) is 5.60 Å². The molecule has 0 spiro atoms. The second kappa shape index (κ2) is 13.6. The van der Waals surface area contributed by atoms with Crippen LogP contribution in [0.5, 0.6) is 0 Å². The SMILES string of the molecule is C=COCCCCCCCCCC(CCC)(OCC1CO1)C1CCCCC1. The third kappa shape index (κ3) is 9.00. The number of hydrogen-bond donors (Lipinski definition) is 0. The molecule has 2 rings (SSSR count). The van der Waals surface area contributed by atoms with Gasteiger partial charge in [-0.2, -0.15) is 0 Å². The molecule has 1 aliphatic heterocycles. The first kappa shape index (κ1) is 22.7. The molecule has 3 nitrogen and oxygen atoms in total. The van der Waals surface area contributed by atoms with E-state index in [0.29, 0.717) is 6.10 Å². The quantitative estimate of drug-likeness (QED) is 0.158. The Morgan fingerprint density at radius 1 is 0.963 bits per heavy atom. The number of unbranched alkanes of at least 4 members (excludes halogenated alkanes) is 6. The van der Waals surface area contributed by atoms with E-state index in [9.17, 15) is 0 Å². The standard InChI is InChI=1S/C24H44O3/c1-3-17-24(27-21-23-20-26-23,22-15-11-10-12-16-22)18-13-8-6-5-7-9-14-19-25-4-2/h4,22-23H,2-3,5-21H2,1H3. The van der Waals surface area contributed by atoms with Gasteiger partial charge >= 0.3 is 0 Å². The molecule has 0 aromatic carbocycles. The van der Waals surface area contributed by atoms with E-state index in [4.69, 9.17) is 14.2 Å². The molecule has 1 aliphatic carbocycles. The summed E-state index contributed by atoms with van der Waals surface area (Å²) < 4.78 is 17.3. The highest BCUT2D eigenvalue weighted by molar-refractivity contribution is 4.91. The average molecular weight is 381 g/mol. The average Bonchev–Trinajstić information content (AvgIpc) is 3.53. The molecule has 1 heterocycles. The van der Waals surface area contributed by atoms with Crippen LogP contribution in [0.15, 0.2) is 12.8 Å². The predicted molar refractivity (Wildman–Crippen MR) is 113 cm³/mol. The fraction of sp³-hybridized carbons (Fsp3) is 0.917. The maximum Gasteiger partial charge on any atom is 0.104 e. The lowest BCUT2D eigenvalue weighted by molar-refractivity contribution is -0.113. The zero-order valence-electron chi connectivity index (χ0n) is 17.9. The minimum absolute atomic E-state index is 0.128. The topological polar surface area (TPSA) is 31.0 Å². The van der Waals surface area contributed by atoms with Gasteiger partial charge in [0, 0.05) is 0 Å². The molecule has 2 unspecified atom stereocenters. The molecule has 2 aliphatic rings. The van der Waals surface area contributed by atoms with Gasteiger partial charge in [0.05, 0.1) is 31.7 Å². The van der Waals surface area contributed by atoms with Gasteiger partial charge in [-0.05, 0) is 38.0 Å². The Balaban J connectivity index is 1.69. The Hall–Kier alpha value is -0.540. The van der Waals surface area contributed by atoms with Crippen LogP contribution < -0.4 is 0 Å². The molecule has 0 bridgehead atoms. The van der Waals surface area contributed by atoms with Crippen LogP contribution >= 0.6 is 0 Å². The Morgan fingerprint density at radius 2 is 1.63 bits per heavy atom. The van der Waals surface area contributed by atoms with Gasteiger partial charge in [0.15, 0.2) is 0 Å². The van der Waals surface area contributed by atoms with Crippen molar-refractivity contribution in [1.82, 2.24) is 0 Å². The summed E-state index contributed by atoms with van der Waals surface area (Å²) in [5, 5.41) is 0. The highest BCUT2D eigenvalue weighted by Crippen LogP contribution is 2.42. The molecule has 0 radical (unpaired) electrons. The van der Waals surface area contributed by atoms with E-state index in [1.165, 1.54) is 89.9 Å². The normalized spacial score (nSPS) is 22.3. The molecule has 27 heavy (non-hydrogen) atoms. The maximum atomic E-state index is 6.67. The molecule has 0 aromatic heterocycles. The summed E-state index contributed by atoms with van der Waals surface area (Å²) in [6.07, 6.45) is 21.8. The van der Waals surface area contributed by atoms with Crippen molar-refractivity contribution in [1.29, 1.82) is 0 Å². The van der Waals surface area contributed by atoms with Gasteiger partial charge < -0.3 is 14.2 Å². The first-order chi connectivity index (χ1) is 13.3. The van der Waals surface area contributed by atoms with Crippen molar-refractivity contribution >= 4 is 0 Å². The molecular formula is C24H44O3. The first-order valence-corrected chi connectivity index (χ1v) is 11.8. The highest BCUT2D eigenvalue weighted by atomic mass is 16.6. The number of ether oxygens (including phenoxy) is 3. The van der Waals surface area contributed by atoms with Gasteiger partial charge in [0.25, 0.3) is 0 Å². The molecule has 0 N–H and O–H groups in total. The van der Waals surface area contributed by atoms with Crippen molar-refractivity contribution in [2.45, 2.75) is 115 Å². The van der Waals surface area contributed by atoms with Crippen molar-refractivity contribution in [2.24, 2.45) is 5.92 Å². The first-order valence-electron chi connectivity index (χ1n) is 11.8. The third-order valence-electron chi connectivity index (χ3n) is 6.46. The molecule has 0 amide bonds. The fourth-order valence-electron chi connectivity index (χ4n) is 4.85. The molecule has 1 saturated carbocycles. The van der Waals surface area contributed by atoms with E-state index in [0.717, 1.165) is 32.2 Å². The molecule has 3 heteroatoms. The fourth-order valence-corrected chi connectivity index (χ4v) is 4.85. The Kier molecular flexibility index (Phi) is 11.5. The number of epoxide rings is 1. The second-order valence-corrected chi connectivity index (χ2v) is 8.68. The van der Waals surface area contributed by atoms with Crippen molar-refractivity contribution in [3.8, 4) is 0 Å². The smallest absolute Gasteiger partial charge is 0.104 e. The van der Waals surface area contributed by atoms with Crippen LogP contribution in [0.25, 0.3) is 0 Å². The molecular weight excluding hydrogens is 336 g/mol. The molecule has 2 fully saturated rings. The predicted octanol–water partition coefficient (Wildman–Crippen LogP) is 6.80. The summed E-state index contributed by atoms with van der Waals surface area (Å²) in [6.45, 7) is 8.46. The number of rotatable bonds is 17. The zero-order valence-corrected chi connectivity index (χ0v) is 17.9. The Morgan fingerprint density at radius 3 is 2.26 bits per heavy atom. The Bertz CT molecular complexity index is 374. The lowest BCUT2D eigenvalue weighted by atomic mass is 9.72. The molecule has 158 valence electrons. The van der Waals surface area contributed by atoms with Crippen molar-refractivity contribution in [3.05, 3.63) is 12.8 Å². The largest absolute Gasteiger partial charge is 0.502 e. The maximum absolute atomic E-state index is 6.67. The molecule has 0 aromatic rings. The van der Waals surface area contributed by atoms with Crippen LogP contribution in [0.4, 0.5) is 0 Å². The van der Waals surface area contributed by atoms with Crippen LogP contribution in [0, 0.1) is 5.92 Å². The van der Waals surface area contributed by atoms with Crippen LogP contribution in [0.1, 0.15) is 103 Å². The summed E-state index contributed by atoms with van der Waals surface area (Å²) >= 11 is 0. The second-order valence-electron chi connectivity index (χ2n) is 8.68.